The van der Waals surface area contributed by atoms with Gasteiger partial charge in [0.05, 0.1) is 18.0 Å². The van der Waals surface area contributed by atoms with Crippen LogP contribution in [0.5, 0.6) is 0 Å². The summed E-state index contributed by atoms with van der Waals surface area (Å²) in [5, 5.41) is 18.2. The van der Waals surface area contributed by atoms with Gasteiger partial charge in [0, 0.05) is 39.7 Å². The zero-order valence-corrected chi connectivity index (χ0v) is 17.9. The normalized spacial score (nSPS) is 36.3. The molecule has 0 aromatic rings. The van der Waals surface area contributed by atoms with Gasteiger partial charge in [-0.05, 0) is 40.7 Å². The molecule has 0 aromatic heterocycles. The molecule has 3 aliphatic rings. The topological polar surface area (TPSA) is 114 Å². The summed E-state index contributed by atoms with van der Waals surface area (Å²) in [6.07, 6.45) is -0.678. The van der Waals surface area contributed by atoms with E-state index in [0.29, 0.717) is 10.3 Å². The Kier molecular flexibility index (Phi) is 6.56. The molecule has 2 saturated heterocycles. The summed E-state index contributed by atoms with van der Waals surface area (Å²) in [4.78, 5) is 37.9. The van der Waals surface area contributed by atoms with E-state index < -0.39 is 36.0 Å². The van der Waals surface area contributed by atoms with Crippen LogP contribution in [0.15, 0.2) is 11.1 Å². The average Bonchev–Trinajstić information content (AvgIpc) is 2.66. The summed E-state index contributed by atoms with van der Waals surface area (Å²) in [6.45, 7) is 7.99. The van der Waals surface area contributed by atoms with Crippen LogP contribution in [0.3, 0.4) is 0 Å². The van der Waals surface area contributed by atoms with E-state index >= 15 is 0 Å². The minimum Gasteiger partial charge on any atom is -0.349 e. The summed E-state index contributed by atoms with van der Waals surface area (Å²) < 4.78 is 15.1. The maximum absolute atomic E-state index is 14.5. The van der Waals surface area contributed by atoms with Crippen LogP contribution in [0.25, 0.3) is 0 Å². The van der Waals surface area contributed by atoms with Crippen molar-refractivity contribution in [1.82, 2.24) is 16.0 Å². The SMILES string of the molecule is CC1=C([C@@H](C)C(=O)N[C@@H](C)C2C(F)CC(C#N)C[N+]2=O)C(=O)NC2CCNC(C)C12. The number of amides is 2. The quantitative estimate of drug-likeness (QED) is 0.587. The van der Waals surface area contributed by atoms with Crippen LogP contribution in [0, 0.1) is 34.0 Å². The highest BCUT2D eigenvalue weighted by Gasteiger charge is 2.48. The Bertz CT molecular complexity index is 807. The molecular formula is C21H31FN5O3+. The molecule has 0 bridgehead atoms. The highest BCUT2D eigenvalue weighted by atomic mass is 19.1. The number of hydrogen-bond acceptors (Lipinski definition) is 5. The summed E-state index contributed by atoms with van der Waals surface area (Å²) in [7, 11) is 0. The van der Waals surface area contributed by atoms with Crippen LogP contribution in [0.2, 0.25) is 0 Å². The first-order valence-electron chi connectivity index (χ1n) is 10.7. The molecular weight excluding hydrogens is 389 g/mol. The van der Waals surface area contributed by atoms with Crippen LogP contribution in [0.1, 0.15) is 40.5 Å². The zero-order valence-electron chi connectivity index (χ0n) is 17.9. The van der Waals surface area contributed by atoms with Gasteiger partial charge in [-0.3, -0.25) is 9.59 Å². The molecule has 0 spiro atoms. The molecule has 2 fully saturated rings. The zero-order chi connectivity index (χ0) is 22.2. The fourth-order valence-electron chi connectivity index (χ4n) is 5.33. The number of nitrogens with zero attached hydrogens (tertiary/aromatic N) is 2. The lowest BCUT2D eigenvalue weighted by Crippen LogP contribution is -2.59. The van der Waals surface area contributed by atoms with Crippen LogP contribution in [-0.4, -0.2) is 60.0 Å². The van der Waals surface area contributed by atoms with Crippen molar-refractivity contribution in [3.05, 3.63) is 16.1 Å². The van der Waals surface area contributed by atoms with E-state index in [4.69, 9.17) is 5.26 Å². The molecule has 0 saturated carbocycles. The van der Waals surface area contributed by atoms with E-state index in [1.165, 1.54) is 0 Å². The van der Waals surface area contributed by atoms with Crippen molar-refractivity contribution in [1.29, 1.82) is 5.26 Å². The van der Waals surface area contributed by atoms with Gasteiger partial charge in [-0.25, -0.2) is 4.39 Å². The summed E-state index contributed by atoms with van der Waals surface area (Å²) in [5.74, 6) is -1.90. The van der Waals surface area contributed by atoms with Crippen molar-refractivity contribution in [2.75, 3.05) is 13.1 Å². The first-order chi connectivity index (χ1) is 14.1. The number of nitroso groups, excluding NO2 is 1. The third kappa shape index (κ3) is 4.10. The molecule has 0 radical (unpaired) electrons. The van der Waals surface area contributed by atoms with Crippen LogP contribution < -0.4 is 16.0 Å². The van der Waals surface area contributed by atoms with E-state index in [1.54, 1.807) is 13.8 Å². The number of nitriles is 1. The van der Waals surface area contributed by atoms with E-state index in [2.05, 4.69) is 22.9 Å². The first-order valence-corrected chi connectivity index (χ1v) is 10.7. The van der Waals surface area contributed by atoms with Gasteiger partial charge < -0.3 is 16.0 Å². The minimum absolute atomic E-state index is 0.0176. The average molecular weight is 421 g/mol. The molecule has 3 aliphatic heterocycles. The standard InChI is InChI=1S/C21H30FN5O3/c1-10-17(21(29)26-16-5-6-24-12(3)18(10)16)11(2)20(28)25-13(4)19-15(22)7-14(8-23)9-27(19)30/h11-16,18-19,24H,5-7,9H2,1-4H3,(H-,25,26,28,29)/p+1/t11-,12?,13+,14?,15?,16?,18?,19?/m1/s1. The lowest BCUT2D eigenvalue weighted by Gasteiger charge is -2.43. The van der Waals surface area contributed by atoms with Gasteiger partial charge in [0.25, 0.3) is 6.04 Å². The third-order valence-electron chi connectivity index (χ3n) is 6.88. The van der Waals surface area contributed by atoms with Crippen molar-refractivity contribution in [3.63, 3.8) is 0 Å². The number of rotatable bonds is 4. The Balaban J connectivity index is 1.73. The lowest BCUT2D eigenvalue weighted by atomic mass is 9.75. The Labute approximate surface area is 176 Å². The van der Waals surface area contributed by atoms with E-state index in [0.717, 1.165) is 18.5 Å². The molecule has 3 heterocycles. The molecule has 164 valence electrons. The molecule has 6 unspecified atom stereocenters. The van der Waals surface area contributed by atoms with Crippen molar-refractivity contribution in [2.24, 2.45) is 17.8 Å². The molecule has 3 rings (SSSR count). The fraction of sp³-hybridized carbons (Fsp3) is 0.762. The maximum atomic E-state index is 14.5. The Hall–Kier alpha value is -2.34. The van der Waals surface area contributed by atoms with Gasteiger partial charge in [0.15, 0.2) is 6.17 Å². The number of carbonyl (C=O) groups is 2. The number of hydrogen-bond donors (Lipinski definition) is 3. The second kappa shape index (κ2) is 8.80. The molecule has 8 nitrogen and oxygen atoms in total. The lowest BCUT2D eigenvalue weighted by molar-refractivity contribution is -0.610. The monoisotopic (exact) mass is 420 g/mol. The summed E-state index contributed by atoms with van der Waals surface area (Å²) in [5.41, 5.74) is 1.35. The van der Waals surface area contributed by atoms with E-state index in [1.807, 2.05) is 13.0 Å². The van der Waals surface area contributed by atoms with Gasteiger partial charge in [-0.15, -0.1) is 0 Å². The van der Waals surface area contributed by atoms with Crippen molar-refractivity contribution >= 4 is 11.8 Å². The van der Waals surface area contributed by atoms with Gasteiger partial charge in [-0.2, -0.15) is 5.26 Å². The fourth-order valence-corrected chi connectivity index (χ4v) is 5.33. The number of halogens is 1. The Morgan fingerprint density at radius 3 is 2.73 bits per heavy atom. The predicted molar refractivity (Wildman–Crippen MR) is 108 cm³/mol. The number of nitrogens with one attached hydrogen (secondary N) is 3. The second-order valence-corrected chi connectivity index (χ2v) is 8.92. The number of carbonyl (C=O) groups excluding carboxylic acids is 2. The molecule has 3 N–H and O–H groups in total. The Morgan fingerprint density at radius 1 is 1.40 bits per heavy atom. The molecule has 0 aromatic carbocycles. The second-order valence-electron chi connectivity index (χ2n) is 8.92. The molecule has 9 heteroatoms. The summed E-state index contributed by atoms with van der Waals surface area (Å²) in [6, 6.07) is 0.386. The third-order valence-corrected chi connectivity index (χ3v) is 6.88. The molecule has 0 aliphatic carbocycles. The number of alkyl halides is 1. The first kappa shape index (κ1) is 22.3. The maximum Gasteiger partial charge on any atom is 0.251 e. The van der Waals surface area contributed by atoms with Gasteiger partial charge >= 0.3 is 0 Å². The van der Waals surface area contributed by atoms with Crippen LogP contribution in [-0.2, 0) is 9.59 Å². The van der Waals surface area contributed by atoms with Gasteiger partial charge in [0.2, 0.25) is 18.4 Å². The summed E-state index contributed by atoms with van der Waals surface area (Å²) >= 11 is 0. The number of fused-ring (bicyclic) bond motifs is 1. The van der Waals surface area contributed by atoms with E-state index in [9.17, 15) is 18.9 Å². The van der Waals surface area contributed by atoms with Crippen molar-refractivity contribution < 1.29 is 18.7 Å². The van der Waals surface area contributed by atoms with E-state index in [-0.39, 0.29) is 36.9 Å². The smallest absolute Gasteiger partial charge is 0.251 e. The minimum atomic E-state index is -1.50. The highest BCUT2D eigenvalue weighted by Crippen LogP contribution is 2.34. The van der Waals surface area contributed by atoms with Crippen molar-refractivity contribution in [3.8, 4) is 6.07 Å². The molecule has 30 heavy (non-hydrogen) atoms. The molecule has 2 amide bonds. The van der Waals surface area contributed by atoms with Crippen LogP contribution >= 0.6 is 0 Å². The predicted octanol–water partition coefficient (Wildman–Crippen LogP) is 0.969. The van der Waals surface area contributed by atoms with Crippen molar-refractivity contribution in [2.45, 2.75) is 70.9 Å². The highest BCUT2D eigenvalue weighted by molar-refractivity contribution is 6.01. The van der Waals surface area contributed by atoms with Crippen LogP contribution in [0.4, 0.5) is 4.39 Å². The van der Waals surface area contributed by atoms with Gasteiger partial charge in [-0.1, -0.05) is 5.57 Å². The Morgan fingerprint density at radius 2 is 2.10 bits per heavy atom. The molecule has 8 atom stereocenters. The largest absolute Gasteiger partial charge is 0.349 e. The number of piperidine rings is 2. The van der Waals surface area contributed by atoms with Gasteiger partial charge in [0.1, 0.15) is 5.92 Å².